The highest BCUT2D eigenvalue weighted by Gasteiger charge is 2.38. The van der Waals surface area contributed by atoms with Crippen LogP contribution in [0.3, 0.4) is 0 Å². The van der Waals surface area contributed by atoms with Gasteiger partial charge in [0.15, 0.2) is 0 Å². The first-order valence-electron chi connectivity index (χ1n) is 11.1. The van der Waals surface area contributed by atoms with Crippen LogP contribution in [-0.2, 0) is 27.4 Å². The Hall–Kier alpha value is -3.13. The third kappa shape index (κ3) is 4.14. The highest BCUT2D eigenvalue weighted by molar-refractivity contribution is 6.02. The van der Waals surface area contributed by atoms with Gasteiger partial charge in [0.25, 0.3) is 11.8 Å². The quantitative estimate of drug-likeness (QED) is 0.699. The second-order valence-electron chi connectivity index (χ2n) is 8.12. The van der Waals surface area contributed by atoms with Gasteiger partial charge in [-0.1, -0.05) is 37.3 Å². The molecule has 2 aliphatic rings. The molecule has 1 aromatic heterocycles. The summed E-state index contributed by atoms with van der Waals surface area (Å²) < 4.78 is 12.3. The Morgan fingerprint density at radius 2 is 2.00 bits per heavy atom. The molecule has 4 rings (SSSR count). The van der Waals surface area contributed by atoms with Crippen molar-refractivity contribution < 1.29 is 23.9 Å². The van der Waals surface area contributed by atoms with Crippen molar-refractivity contribution in [2.75, 3.05) is 20.3 Å². The van der Waals surface area contributed by atoms with Crippen LogP contribution in [0.4, 0.5) is 0 Å². The molecular formula is C24H29N3O5. The van der Waals surface area contributed by atoms with Crippen molar-refractivity contribution in [1.29, 1.82) is 0 Å². The molecule has 0 saturated carbocycles. The number of nitrogens with zero attached hydrogens (tertiary/aromatic N) is 2. The van der Waals surface area contributed by atoms with Crippen LogP contribution in [-0.4, -0.2) is 53.6 Å². The fraction of sp³-hybridized carbons (Fsp3) is 0.458. The van der Waals surface area contributed by atoms with Crippen molar-refractivity contribution in [1.82, 2.24) is 14.8 Å². The molecule has 2 aromatic rings. The third-order valence-electron chi connectivity index (χ3n) is 6.27. The minimum absolute atomic E-state index is 0.134. The number of hydrogen-bond donors (Lipinski definition) is 1. The normalized spacial score (nSPS) is 18.7. The van der Waals surface area contributed by atoms with Crippen molar-refractivity contribution in [3.8, 4) is 0 Å². The monoisotopic (exact) mass is 439 g/mol. The van der Waals surface area contributed by atoms with Crippen LogP contribution in [0.1, 0.15) is 64.3 Å². The van der Waals surface area contributed by atoms with E-state index in [0.29, 0.717) is 43.1 Å². The highest BCUT2D eigenvalue weighted by atomic mass is 16.5. The summed E-state index contributed by atoms with van der Waals surface area (Å²) in [5, 5.41) is 3.10. The highest BCUT2D eigenvalue weighted by Crippen LogP contribution is 2.27. The molecule has 1 fully saturated rings. The number of ether oxygens (including phenoxy) is 2. The number of nitrogens with one attached hydrogen (secondary N) is 1. The second-order valence-corrected chi connectivity index (χ2v) is 8.12. The van der Waals surface area contributed by atoms with E-state index in [-0.39, 0.29) is 24.5 Å². The van der Waals surface area contributed by atoms with Crippen molar-refractivity contribution in [3.05, 3.63) is 58.9 Å². The molecule has 8 heteroatoms. The Morgan fingerprint density at radius 1 is 1.22 bits per heavy atom. The van der Waals surface area contributed by atoms with Gasteiger partial charge in [-0.3, -0.25) is 9.59 Å². The number of fused-ring (bicyclic) bond motifs is 1. The minimum atomic E-state index is -0.585. The zero-order valence-corrected chi connectivity index (χ0v) is 18.5. The van der Waals surface area contributed by atoms with Crippen LogP contribution in [0.2, 0.25) is 0 Å². The largest absolute Gasteiger partial charge is 0.467 e. The molecule has 1 N–H and O–H groups in total. The van der Waals surface area contributed by atoms with Crippen LogP contribution in [0.5, 0.6) is 0 Å². The Labute approximate surface area is 187 Å². The summed E-state index contributed by atoms with van der Waals surface area (Å²) >= 11 is 0. The van der Waals surface area contributed by atoms with E-state index in [1.807, 2.05) is 41.8 Å². The topological polar surface area (TPSA) is 89.9 Å². The predicted octanol–water partition coefficient (Wildman–Crippen LogP) is 2.68. The molecule has 1 saturated heterocycles. The van der Waals surface area contributed by atoms with E-state index >= 15 is 0 Å². The minimum Gasteiger partial charge on any atom is -0.467 e. The molecule has 1 aromatic carbocycles. The summed E-state index contributed by atoms with van der Waals surface area (Å²) in [7, 11) is 1.33. The molecule has 2 atom stereocenters. The average molecular weight is 440 g/mol. The number of carbonyl (C=O) groups excluding carboxylic acids is 3. The van der Waals surface area contributed by atoms with Crippen LogP contribution >= 0.6 is 0 Å². The van der Waals surface area contributed by atoms with Gasteiger partial charge in [0.05, 0.1) is 37.6 Å². The van der Waals surface area contributed by atoms with E-state index in [1.165, 1.54) is 7.11 Å². The van der Waals surface area contributed by atoms with E-state index in [1.54, 1.807) is 11.0 Å². The van der Waals surface area contributed by atoms with Gasteiger partial charge in [-0.2, -0.15) is 0 Å². The van der Waals surface area contributed by atoms with Crippen molar-refractivity contribution in [2.45, 2.75) is 51.4 Å². The van der Waals surface area contributed by atoms with E-state index in [0.717, 1.165) is 18.4 Å². The van der Waals surface area contributed by atoms with Crippen LogP contribution in [0.25, 0.3) is 0 Å². The zero-order valence-electron chi connectivity index (χ0n) is 18.5. The van der Waals surface area contributed by atoms with Crippen molar-refractivity contribution in [2.24, 2.45) is 0 Å². The first kappa shape index (κ1) is 22.1. The van der Waals surface area contributed by atoms with E-state index in [2.05, 4.69) is 5.32 Å². The maximum atomic E-state index is 13.4. The molecule has 2 aliphatic heterocycles. The lowest BCUT2D eigenvalue weighted by Gasteiger charge is -2.25. The molecule has 1 unspecified atom stereocenters. The fourth-order valence-corrected chi connectivity index (χ4v) is 4.58. The molecular weight excluding hydrogens is 410 g/mol. The van der Waals surface area contributed by atoms with Crippen molar-refractivity contribution >= 4 is 17.8 Å². The number of methoxy groups -OCH3 is 1. The Bertz CT molecular complexity index is 1000. The Morgan fingerprint density at radius 3 is 2.72 bits per heavy atom. The third-order valence-corrected chi connectivity index (χ3v) is 6.27. The number of amides is 2. The van der Waals surface area contributed by atoms with Gasteiger partial charge >= 0.3 is 5.97 Å². The SMILES string of the molecule is CC[C@@H](NC(=O)c1cc(C(=O)N2CCCC2C(=O)OC)n2c1COCC2)c1ccccc1. The number of esters is 1. The van der Waals surface area contributed by atoms with Crippen LogP contribution < -0.4 is 5.32 Å². The van der Waals surface area contributed by atoms with E-state index in [4.69, 9.17) is 9.47 Å². The molecule has 0 spiro atoms. The summed E-state index contributed by atoms with van der Waals surface area (Å²) in [4.78, 5) is 40.4. The lowest BCUT2D eigenvalue weighted by atomic mass is 10.0. The lowest BCUT2D eigenvalue weighted by molar-refractivity contribution is -0.145. The number of aromatic nitrogens is 1. The number of hydrogen-bond acceptors (Lipinski definition) is 5. The average Bonchev–Trinajstić information content (AvgIpc) is 3.47. The van der Waals surface area contributed by atoms with Crippen LogP contribution in [0.15, 0.2) is 36.4 Å². The first-order valence-corrected chi connectivity index (χ1v) is 11.1. The zero-order chi connectivity index (χ0) is 22.7. The fourth-order valence-electron chi connectivity index (χ4n) is 4.58. The van der Waals surface area contributed by atoms with Crippen molar-refractivity contribution in [3.63, 3.8) is 0 Å². The number of rotatable bonds is 6. The van der Waals surface area contributed by atoms with E-state index in [9.17, 15) is 14.4 Å². The van der Waals surface area contributed by atoms with Gasteiger partial charge < -0.3 is 24.3 Å². The van der Waals surface area contributed by atoms with Gasteiger partial charge in [-0.15, -0.1) is 0 Å². The first-order chi connectivity index (χ1) is 15.5. The van der Waals surface area contributed by atoms with Gasteiger partial charge in [0.1, 0.15) is 11.7 Å². The van der Waals surface area contributed by atoms with E-state index < -0.39 is 12.0 Å². The van der Waals surface area contributed by atoms with Gasteiger partial charge in [0, 0.05) is 13.1 Å². The molecule has 0 aliphatic carbocycles. The standard InChI is InChI=1S/C24H29N3O5/c1-3-18(16-8-5-4-6-9-16)25-22(28)17-14-20(26-12-13-32-15-21(17)26)23(29)27-11-7-10-19(27)24(30)31-2/h4-6,8-9,14,18-19H,3,7,10-13,15H2,1-2H3,(H,25,28)/t18-,19?/m1/s1. The smallest absolute Gasteiger partial charge is 0.328 e. The Kier molecular flexibility index (Phi) is 6.60. The number of carbonyl (C=O) groups is 3. The summed E-state index contributed by atoms with van der Waals surface area (Å²) in [6.45, 7) is 3.72. The summed E-state index contributed by atoms with van der Waals surface area (Å²) in [6.07, 6.45) is 2.06. The predicted molar refractivity (Wildman–Crippen MR) is 117 cm³/mol. The molecule has 2 amide bonds. The maximum Gasteiger partial charge on any atom is 0.328 e. The molecule has 3 heterocycles. The van der Waals surface area contributed by atoms with Gasteiger partial charge in [-0.25, -0.2) is 4.79 Å². The second kappa shape index (κ2) is 9.56. The molecule has 0 radical (unpaired) electrons. The summed E-state index contributed by atoms with van der Waals surface area (Å²) in [5.41, 5.74) is 2.57. The lowest BCUT2D eigenvalue weighted by Crippen LogP contribution is -2.42. The molecule has 170 valence electrons. The number of likely N-dealkylation sites (tertiary alicyclic amines) is 1. The maximum absolute atomic E-state index is 13.4. The molecule has 8 nitrogen and oxygen atoms in total. The summed E-state index contributed by atoms with van der Waals surface area (Å²) in [6, 6.07) is 10.7. The van der Waals surface area contributed by atoms with Crippen LogP contribution in [0, 0.1) is 0 Å². The Balaban J connectivity index is 1.62. The molecule has 0 bridgehead atoms. The van der Waals surface area contributed by atoms with Gasteiger partial charge in [-0.05, 0) is 30.9 Å². The van der Waals surface area contributed by atoms with Gasteiger partial charge in [0.2, 0.25) is 0 Å². The summed E-state index contributed by atoms with van der Waals surface area (Å²) in [5.74, 6) is -0.897. The molecule has 32 heavy (non-hydrogen) atoms. The number of benzene rings is 1.